The number of aliphatic hydroxyl groups is 1. The summed E-state index contributed by atoms with van der Waals surface area (Å²) < 4.78 is 21.6. The number of hydrogen-bond donors (Lipinski definition) is 1. The number of ether oxygens (including phenoxy) is 4. The minimum Gasteiger partial charge on any atom is -0.454 e. The summed E-state index contributed by atoms with van der Waals surface area (Å²) in [5, 5.41) is 10.4. The highest BCUT2D eigenvalue weighted by molar-refractivity contribution is 5.90. The molecule has 158 valence electrons. The molecule has 1 heterocycles. The lowest BCUT2D eigenvalue weighted by molar-refractivity contribution is -0.279. The first-order valence-electron chi connectivity index (χ1n) is 9.39. The second kappa shape index (κ2) is 9.51. The van der Waals surface area contributed by atoms with Crippen LogP contribution in [0.1, 0.15) is 34.6 Å². The van der Waals surface area contributed by atoms with Gasteiger partial charge in [0.25, 0.3) is 0 Å². The summed E-state index contributed by atoms with van der Waals surface area (Å²) in [6.45, 7) is 2.72. The molecular weight excluding hydrogens is 392 g/mol. The van der Waals surface area contributed by atoms with E-state index in [9.17, 15) is 19.5 Å². The van der Waals surface area contributed by atoms with Crippen LogP contribution in [0.3, 0.4) is 0 Å². The van der Waals surface area contributed by atoms with Crippen LogP contribution in [-0.2, 0) is 23.7 Å². The van der Waals surface area contributed by atoms with Crippen LogP contribution in [0.2, 0.25) is 0 Å². The molecule has 1 saturated heterocycles. The van der Waals surface area contributed by atoms with Gasteiger partial charge in [0.2, 0.25) is 0 Å². The van der Waals surface area contributed by atoms with Crippen molar-refractivity contribution >= 4 is 17.9 Å². The van der Waals surface area contributed by atoms with E-state index in [0.717, 1.165) is 0 Å². The van der Waals surface area contributed by atoms with Crippen molar-refractivity contribution in [2.75, 3.05) is 0 Å². The van der Waals surface area contributed by atoms with Crippen LogP contribution in [0.25, 0.3) is 0 Å². The molecule has 3 rings (SSSR count). The average molecular weight is 414 g/mol. The molecule has 2 unspecified atom stereocenters. The number of benzene rings is 2. The highest BCUT2D eigenvalue weighted by Crippen LogP contribution is 2.28. The van der Waals surface area contributed by atoms with Crippen molar-refractivity contribution in [2.45, 2.75) is 44.6 Å². The van der Waals surface area contributed by atoms with Crippen molar-refractivity contribution in [1.82, 2.24) is 0 Å². The standard InChI is InChI=1S/C22H22O8/c1-13-17(29-20(24)15-9-5-3-6-10-15)18(28-14(2)23)19(22(26)27-13)30-21(25)16-11-7-4-8-12-16/h3-13,17-19,22,26H,1-2H3/t13?,17-,18+,19?,22+/m0/s1. The second-order valence-corrected chi connectivity index (χ2v) is 6.78. The highest BCUT2D eigenvalue weighted by Gasteiger charge is 2.50. The summed E-state index contributed by atoms with van der Waals surface area (Å²) in [5.74, 6) is -2.11. The second-order valence-electron chi connectivity index (χ2n) is 6.78. The van der Waals surface area contributed by atoms with E-state index >= 15 is 0 Å². The molecule has 0 saturated carbocycles. The van der Waals surface area contributed by atoms with Gasteiger partial charge in [-0.15, -0.1) is 0 Å². The maximum Gasteiger partial charge on any atom is 0.338 e. The van der Waals surface area contributed by atoms with Crippen LogP contribution in [0, 0.1) is 0 Å². The van der Waals surface area contributed by atoms with E-state index in [4.69, 9.17) is 18.9 Å². The fraction of sp³-hybridized carbons (Fsp3) is 0.318. The number of esters is 3. The van der Waals surface area contributed by atoms with Gasteiger partial charge in [0.1, 0.15) is 0 Å². The van der Waals surface area contributed by atoms with Gasteiger partial charge in [-0.3, -0.25) is 4.79 Å². The van der Waals surface area contributed by atoms with Gasteiger partial charge < -0.3 is 24.1 Å². The van der Waals surface area contributed by atoms with Crippen LogP contribution in [0.15, 0.2) is 60.7 Å². The van der Waals surface area contributed by atoms with Gasteiger partial charge in [0, 0.05) is 6.92 Å². The van der Waals surface area contributed by atoms with Gasteiger partial charge in [0.15, 0.2) is 24.6 Å². The molecule has 1 aliphatic rings. The summed E-state index contributed by atoms with van der Waals surface area (Å²) in [6.07, 6.45) is -6.18. The molecule has 1 aliphatic heterocycles. The zero-order valence-corrected chi connectivity index (χ0v) is 16.5. The van der Waals surface area contributed by atoms with Gasteiger partial charge >= 0.3 is 17.9 Å². The Hall–Kier alpha value is -3.23. The predicted octanol–water partition coefficient (Wildman–Crippen LogP) is 2.11. The monoisotopic (exact) mass is 414 g/mol. The van der Waals surface area contributed by atoms with Crippen molar-refractivity contribution in [2.24, 2.45) is 0 Å². The largest absolute Gasteiger partial charge is 0.454 e. The van der Waals surface area contributed by atoms with Crippen LogP contribution in [-0.4, -0.2) is 53.7 Å². The Morgan fingerprint density at radius 3 is 1.70 bits per heavy atom. The quantitative estimate of drug-likeness (QED) is 0.585. The molecule has 0 aromatic heterocycles. The third-order valence-electron chi connectivity index (χ3n) is 4.55. The molecule has 2 aromatic carbocycles. The lowest BCUT2D eigenvalue weighted by Gasteiger charge is -2.42. The highest BCUT2D eigenvalue weighted by atomic mass is 16.7. The fourth-order valence-corrected chi connectivity index (χ4v) is 3.14. The molecule has 2 aromatic rings. The summed E-state index contributed by atoms with van der Waals surface area (Å²) in [6, 6.07) is 16.4. The Labute approximate surface area is 173 Å². The van der Waals surface area contributed by atoms with E-state index in [0.29, 0.717) is 0 Å². The van der Waals surface area contributed by atoms with Gasteiger partial charge in [-0.2, -0.15) is 0 Å². The number of hydrogen-bond acceptors (Lipinski definition) is 8. The molecule has 30 heavy (non-hydrogen) atoms. The lowest BCUT2D eigenvalue weighted by Crippen LogP contribution is -2.60. The summed E-state index contributed by atoms with van der Waals surface area (Å²) in [5.41, 5.74) is 0.526. The molecule has 0 spiro atoms. The van der Waals surface area contributed by atoms with E-state index in [1.165, 1.54) is 19.1 Å². The molecule has 1 N–H and O–H groups in total. The number of carbonyl (C=O) groups excluding carboxylic acids is 3. The smallest absolute Gasteiger partial charge is 0.338 e. The molecule has 0 aliphatic carbocycles. The number of rotatable bonds is 5. The fourth-order valence-electron chi connectivity index (χ4n) is 3.14. The van der Waals surface area contributed by atoms with Gasteiger partial charge in [-0.1, -0.05) is 36.4 Å². The van der Waals surface area contributed by atoms with E-state index in [1.807, 2.05) is 0 Å². The van der Waals surface area contributed by atoms with Crippen LogP contribution >= 0.6 is 0 Å². The van der Waals surface area contributed by atoms with Crippen molar-refractivity contribution in [3.8, 4) is 0 Å². The number of aliphatic hydroxyl groups excluding tert-OH is 1. The van der Waals surface area contributed by atoms with E-state index in [1.54, 1.807) is 55.5 Å². The first kappa shape index (κ1) is 21.5. The predicted molar refractivity (Wildman–Crippen MR) is 103 cm³/mol. The normalized spacial score (nSPS) is 25.8. The Kier molecular flexibility index (Phi) is 6.81. The lowest BCUT2D eigenvalue weighted by atomic mass is 9.98. The van der Waals surface area contributed by atoms with E-state index in [2.05, 4.69) is 0 Å². The van der Waals surface area contributed by atoms with Crippen LogP contribution in [0.5, 0.6) is 0 Å². The summed E-state index contributed by atoms with van der Waals surface area (Å²) >= 11 is 0. The van der Waals surface area contributed by atoms with Crippen molar-refractivity contribution in [1.29, 1.82) is 0 Å². The first-order chi connectivity index (χ1) is 14.4. The maximum absolute atomic E-state index is 12.5. The molecular formula is C22H22O8. The Balaban J connectivity index is 1.84. The Bertz CT molecular complexity index is 817. The van der Waals surface area contributed by atoms with Crippen LogP contribution in [0.4, 0.5) is 0 Å². The van der Waals surface area contributed by atoms with E-state index < -0.39 is 48.6 Å². The molecule has 0 amide bonds. The SMILES string of the molecule is CC(=O)O[C@H]1C(OC(=O)c2ccccc2)[C@H](O)OC(C)[C@@H]1OC(=O)c1ccccc1. The van der Waals surface area contributed by atoms with Gasteiger partial charge in [-0.05, 0) is 31.2 Å². The molecule has 0 radical (unpaired) electrons. The summed E-state index contributed by atoms with van der Waals surface area (Å²) in [4.78, 5) is 36.7. The average Bonchev–Trinajstić information content (AvgIpc) is 2.74. The molecule has 8 heteroatoms. The van der Waals surface area contributed by atoms with Crippen molar-refractivity contribution < 1.29 is 38.4 Å². The molecule has 8 nitrogen and oxygen atoms in total. The van der Waals surface area contributed by atoms with Crippen molar-refractivity contribution in [3.63, 3.8) is 0 Å². The Morgan fingerprint density at radius 2 is 1.23 bits per heavy atom. The van der Waals surface area contributed by atoms with Gasteiger partial charge in [-0.25, -0.2) is 9.59 Å². The number of carbonyl (C=O) groups is 3. The third-order valence-corrected chi connectivity index (χ3v) is 4.55. The minimum atomic E-state index is -1.58. The zero-order chi connectivity index (χ0) is 21.7. The Morgan fingerprint density at radius 1 is 0.767 bits per heavy atom. The molecule has 0 bridgehead atoms. The van der Waals surface area contributed by atoms with E-state index in [-0.39, 0.29) is 11.1 Å². The molecule has 5 atom stereocenters. The summed E-state index contributed by atoms with van der Waals surface area (Å²) in [7, 11) is 0. The third kappa shape index (κ3) is 5.03. The molecule has 1 fully saturated rings. The topological polar surface area (TPSA) is 108 Å². The van der Waals surface area contributed by atoms with Crippen LogP contribution < -0.4 is 0 Å². The van der Waals surface area contributed by atoms with Crippen molar-refractivity contribution in [3.05, 3.63) is 71.8 Å². The first-order valence-corrected chi connectivity index (χ1v) is 9.39. The minimum absolute atomic E-state index is 0.239. The van der Waals surface area contributed by atoms with Gasteiger partial charge in [0.05, 0.1) is 17.2 Å². The maximum atomic E-state index is 12.5. The zero-order valence-electron chi connectivity index (χ0n) is 16.5.